The molecule has 4 atom stereocenters. The molecular formula is C31H26N4O5. The molecule has 2 saturated heterocycles. The predicted octanol–water partition coefficient (Wildman–Crippen LogP) is 3.46. The van der Waals surface area contributed by atoms with Crippen molar-refractivity contribution < 1.29 is 19.5 Å². The predicted molar refractivity (Wildman–Crippen MR) is 147 cm³/mol. The molecule has 9 heteroatoms. The Balaban J connectivity index is 1.48. The van der Waals surface area contributed by atoms with Gasteiger partial charge in [0.1, 0.15) is 11.4 Å². The molecule has 2 fully saturated rings. The summed E-state index contributed by atoms with van der Waals surface area (Å²) in [6.07, 6.45) is 0.633. The maximum Gasteiger partial charge on any atom is 0.335 e. The summed E-state index contributed by atoms with van der Waals surface area (Å²) in [4.78, 5) is 60.0. The van der Waals surface area contributed by atoms with Gasteiger partial charge in [-0.1, -0.05) is 44.2 Å². The van der Waals surface area contributed by atoms with Gasteiger partial charge in [0.25, 0.3) is 5.56 Å². The highest BCUT2D eigenvalue weighted by Gasteiger charge is 2.69. The first kappa shape index (κ1) is 24.4. The molecule has 40 heavy (non-hydrogen) atoms. The van der Waals surface area contributed by atoms with E-state index in [1.165, 1.54) is 29.2 Å². The molecule has 0 radical (unpaired) electrons. The number of carbonyl (C=O) groups is 3. The Morgan fingerprint density at radius 3 is 2.40 bits per heavy atom. The molecule has 0 aliphatic carbocycles. The summed E-state index contributed by atoms with van der Waals surface area (Å²) in [6, 6.07) is 20.0. The number of fused-ring (bicyclic) bond motifs is 8. The van der Waals surface area contributed by atoms with Crippen LogP contribution in [0.5, 0.6) is 0 Å². The number of benzene rings is 3. The van der Waals surface area contributed by atoms with Crippen molar-refractivity contribution in [1.82, 2.24) is 14.9 Å². The first-order chi connectivity index (χ1) is 19.2. The largest absolute Gasteiger partial charge is 0.478 e. The standard InChI is InChI=1S/C31H26N4O5/c1-16(2)15-22-24-25(28(38)34(27(24)37)18-13-11-17(12-14-18)29(39)40)31(33-22)20-8-4-6-10-23(20)35-26(36)19-7-3-5-9-21(19)32-30(31)35/h3-14,16,22,24-25,33H,15H2,1-2H3,(H,39,40)/t22-,24+,25+,31-/m0/s1. The zero-order chi connectivity index (χ0) is 27.9. The van der Waals surface area contributed by atoms with E-state index in [0.717, 1.165) is 5.56 Å². The van der Waals surface area contributed by atoms with Crippen molar-refractivity contribution >= 4 is 34.4 Å². The van der Waals surface area contributed by atoms with E-state index >= 15 is 0 Å². The van der Waals surface area contributed by atoms with Crippen LogP contribution in [0.1, 0.15) is 42.0 Å². The molecule has 1 spiro atoms. The van der Waals surface area contributed by atoms with Crippen LogP contribution in [-0.2, 0) is 15.1 Å². The van der Waals surface area contributed by atoms with Crippen LogP contribution >= 0.6 is 0 Å². The van der Waals surface area contributed by atoms with Crippen LogP contribution in [-0.4, -0.2) is 38.5 Å². The lowest BCUT2D eigenvalue weighted by atomic mass is 9.75. The van der Waals surface area contributed by atoms with E-state index < -0.39 is 29.3 Å². The van der Waals surface area contributed by atoms with Crippen molar-refractivity contribution in [3.05, 3.63) is 100 Å². The van der Waals surface area contributed by atoms with Crippen LogP contribution in [0.25, 0.3) is 16.6 Å². The van der Waals surface area contributed by atoms with Gasteiger partial charge in [0.15, 0.2) is 0 Å². The number of imide groups is 1. The summed E-state index contributed by atoms with van der Waals surface area (Å²) in [5, 5.41) is 13.5. The number of nitrogens with zero attached hydrogens (tertiary/aromatic N) is 3. The molecule has 9 nitrogen and oxygen atoms in total. The number of hydrogen-bond acceptors (Lipinski definition) is 6. The van der Waals surface area contributed by atoms with E-state index in [2.05, 4.69) is 19.2 Å². The van der Waals surface area contributed by atoms with Gasteiger partial charge >= 0.3 is 5.97 Å². The van der Waals surface area contributed by atoms with E-state index in [1.807, 2.05) is 30.3 Å². The third-order valence-corrected chi connectivity index (χ3v) is 8.46. The van der Waals surface area contributed by atoms with Crippen molar-refractivity contribution in [2.75, 3.05) is 4.90 Å². The molecule has 3 aliphatic rings. The molecule has 7 rings (SSSR count). The molecule has 0 unspecified atom stereocenters. The third-order valence-electron chi connectivity index (χ3n) is 8.46. The fourth-order valence-corrected chi connectivity index (χ4v) is 6.94. The summed E-state index contributed by atoms with van der Waals surface area (Å²) < 4.78 is 1.58. The number of nitrogens with one attached hydrogen (secondary N) is 1. The second kappa shape index (κ2) is 8.43. The summed E-state index contributed by atoms with van der Waals surface area (Å²) in [5.41, 5.74) is 0.855. The molecule has 200 valence electrons. The highest BCUT2D eigenvalue weighted by molar-refractivity contribution is 6.23. The van der Waals surface area contributed by atoms with Crippen LogP contribution in [0.4, 0.5) is 5.69 Å². The number of carbonyl (C=O) groups excluding carboxylic acids is 2. The van der Waals surface area contributed by atoms with Gasteiger partial charge in [0.2, 0.25) is 11.8 Å². The highest BCUT2D eigenvalue weighted by Crippen LogP contribution is 2.56. The molecule has 2 N–H and O–H groups in total. The Hall–Kier alpha value is -4.63. The number of anilines is 1. The number of aromatic carboxylic acids is 1. The first-order valence-electron chi connectivity index (χ1n) is 13.3. The van der Waals surface area contributed by atoms with E-state index in [0.29, 0.717) is 34.5 Å². The smallest absolute Gasteiger partial charge is 0.335 e. The molecule has 3 aromatic carbocycles. The van der Waals surface area contributed by atoms with Crippen LogP contribution in [0, 0.1) is 17.8 Å². The van der Waals surface area contributed by atoms with E-state index in [-0.39, 0.29) is 29.0 Å². The Kier molecular flexibility index (Phi) is 5.15. The van der Waals surface area contributed by atoms with Gasteiger partial charge in [-0.05, 0) is 54.8 Å². The second-order valence-electron chi connectivity index (χ2n) is 11.2. The summed E-state index contributed by atoms with van der Waals surface area (Å²) in [5.74, 6) is -2.76. The lowest BCUT2D eigenvalue weighted by molar-refractivity contribution is -0.123. The Labute approximate surface area is 229 Å². The summed E-state index contributed by atoms with van der Waals surface area (Å²) in [7, 11) is 0. The van der Waals surface area contributed by atoms with Crippen LogP contribution < -0.4 is 15.8 Å². The van der Waals surface area contributed by atoms with Gasteiger partial charge in [-0.25, -0.2) is 14.7 Å². The monoisotopic (exact) mass is 534 g/mol. The molecule has 0 saturated carbocycles. The van der Waals surface area contributed by atoms with Crippen molar-refractivity contribution in [3.63, 3.8) is 0 Å². The average molecular weight is 535 g/mol. The third kappa shape index (κ3) is 3.09. The van der Waals surface area contributed by atoms with Crippen LogP contribution in [0.3, 0.4) is 0 Å². The second-order valence-corrected chi connectivity index (χ2v) is 11.2. The molecular weight excluding hydrogens is 508 g/mol. The molecule has 3 aliphatic heterocycles. The number of rotatable bonds is 4. The molecule has 4 heterocycles. The SMILES string of the molecule is CC(C)C[C@@H]1N[C@@]2(c3ccccc3-n3c2nc2ccccc2c3=O)[C@H]2C(=O)N(c3ccc(C(=O)O)cc3)C(=O)[C@H]12. The summed E-state index contributed by atoms with van der Waals surface area (Å²) >= 11 is 0. The van der Waals surface area contributed by atoms with Crippen LogP contribution in [0.15, 0.2) is 77.6 Å². The minimum absolute atomic E-state index is 0.0629. The molecule has 2 amide bonds. The minimum atomic E-state index is -1.20. The highest BCUT2D eigenvalue weighted by atomic mass is 16.4. The van der Waals surface area contributed by atoms with E-state index in [4.69, 9.17) is 4.98 Å². The van der Waals surface area contributed by atoms with Gasteiger partial charge in [-0.3, -0.25) is 24.3 Å². The van der Waals surface area contributed by atoms with Crippen LogP contribution in [0.2, 0.25) is 0 Å². The number of hydrogen-bond donors (Lipinski definition) is 2. The van der Waals surface area contributed by atoms with E-state index in [9.17, 15) is 24.3 Å². The zero-order valence-corrected chi connectivity index (χ0v) is 21.9. The number of aromatic nitrogens is 2. The lowest BCUT2D eigenvalue weighted by Crippen LogP contribution is -2.50. The quantitative estimate of drug-likeness (QED) is 0.385. The average Bonchev–Trinajstić information content (AvgIpc) is 3.51. The molecule has 0 bridgehead atoms. The number of carboxylic acids is 1. The first-order valence-corrected chi connectivity index (χ1v) is 13.3. The Morgan fingerprint density at radius 2 is 1.68 bits per heavy atom. The lowest BCUT2D eigenvalue weighted by Gasteiger charge is -2.32. The maximum atomic E-state index is 14.4. The number of amides is 2. The van der Waals surface area contributed by atoms with Gasteiger partial charge < -0.3 is 5.11 Å². The van der Waals surface area contributed by atoms with Gasteiger partial charge in [-0.15, -0.1) is 0 Å². The summed E-state index contributed by atoms with van der Waals surface area (Å²) in [6.45, 7) is 4.14. The van der Waals surface area contributed by atoms with Crippen molar-refractivity contribution in [2.24, 2.45) is 17.8 Å². The zero-order valence-electron chi connectivity index (χ0n) is 21.9. The topological polar surface area (TPSA) is 122 Å². The molecule has 4 aromatic rings. The van der Waals surface area contributed by atoms with Crippen molar-refractivity contribution in [1.29, 1.82) is 0 Å². The normalized spacial score (nSPS) is 24.7. The minimum Gasteiger partial charge on any atom is -0.478 e. The van der Waals surface area contributed by atoms with Gasteiger partial charge in [0.05, 0.1) is 39.7 Å². The fraction of sp³-hybridized carbons (Fsp3) is 0.258. The molecule has 1 aromatic heterocycles. The van der Waals surface area contributed by atoms with Gasteiger partial charge in [0, 0.05) is 11.6 Å². The fourth-order valence-electron chi connectivity index (χ4n) is 6.94. The van der Waals surface area contributed by atoms with Crippen molar-refractivity contribution in [3.8, 4) is 5.69 Å². The Morgan fingerprint density at radius 1 is 0.975 bits per heavy atom. The number of para-hydroxylation sites is 2. The van der Waals surface area contributed by atoms with E-state index in [1.54, 1.807) is 22.8 Å². The number of carboxylic acid groups (broad SMARTS) is 1. The van der Waals surface area contributed by atoms with Crippen molar-refractivity contribution in [2.45, 2.75) is 31.8 Å². The van der Waals surface area contributed by atoms with Gasteiger partial charge in [-0.2, -0.15) is 0 Å². The maximum absolute atomic E-state index is 14.4. The Bertz CT molecular complexity index is 1810.